The van der Waals surface area contributed by atoms with E-state index in [1.807, 2.05) is 0 Å². The Hall–Kier alpha value is -1.78. The van der Waals surface area contributed by atoms with E-state index in [2.05, 4.69) is 0 Å². The van der Waals surface area contributed by atoms with E-state index in [9.17, 15) is 9.18 Å². The molecule has 0 bridgehead atoms. The molecule has 1 unspecified atom stereocenters. The molecule has 0 aliphatic carbocycles. The van der Waals surface area contributed by atoms with Gasteiger partial charge in [0.15, 0.2) is 11.5 Å². The topological polar surface area (TPSA) is 44.8 Å². The second-order valence-electron chi connectivity index (χ2n) is 3.79. The summed E-state index contributed by atoms with van der Waals surface area (Å²) in [5.74, 6) is -0.0821. The van der Waals surface area contributed by atoms with Crippen molar-refractivity contribution in [3.63, 3.8) is 0 Å². The maximum Gasteiger partial charge on any atom is 0.348 e. The molecule has 1 aromatic rings. The number of benzene rings is 1. The van der Waals surface area contributed by atoms with Gasteiger partial charge in [0.25, 0.3) is 0 Å². The van der Waals surface area contributed by atoms with Crippen molar-refractivity contribution in [2.45, 2.75) is 19.5 Å². The normalized spacial score (nSPS) is 13.6. The van der Waals surface area contributed by atoms with Crippen molar-refractivity contribution in [1.82, 2.24) is 0 Å². The van der Waals surface area contributed by atoms with Gasteiger partial charge in [-0.1, -0.05) is 6.07 Å². The molecule has 0 aliphatic heterocycles. The second kappa shape index (κ2) is 5.71. The van der Waals surface area contributed by atoms with Crippen LogP contribution < -0.4 is 9.47 Å². The Morgan fingerprint density at radius 2 is 1.89 bits per heavy atom. The minimum Gasteiger partial charge on any atom is -0.493 e. The van der Waals surface area contributed by atoms with E-state index in [0.29, 0.717) is 11.5 Å². The van der Waals surface area contributed by atoms with Gasteiger partial charge in [-0.15, -0.1) is 0 Å². The number of hydrogen-bond donors (Lipinski definition) is 0. The van der Waals surface area contributed by atoms with E-state index in [0.717, 1.165) is 6.92 Å². The number of halogens is 1. The highest BCUT2D eigenvalue weighted by atomic mass is 19.1. The van der Waals surface area contributed by atoms with Gasteiger partial charge in [0.2, 0.25) is 5.67 Å². The first-order valence-corrected chi connectivity index (χ1v) is 5.56. The molecule has 1 rings (SSSR count). The van der Waals surface area contributed by atoms with Crippen LogP contribution in [-0.2, 0) is 15.2 Å². The van der Waals surface area contributed by atoms with Gasteiger partial charge < -0.3 is 14.2 Å². The lowest BCUT2D eigenvalue weighted by atomic mass is 9.97. The third kappa shape index (κ3) is 2.72. The standard InChI is InChI=1S/C13H17FO4/c1-5-18-12(15)13(2,14)9-6-7-10(16-3)11(8-9)17-4/h6-8H,5H2,1-4H3. The average Bonchev–Trinajstić information content (AvgIpc) is 2.38. The number of alkyl halides is 1. The number of carbonyl (C=O) groups is 1. The van der Waals surface area contributed by atoms with Gasteiger partial charge in [-0.05, 0) is 26.0 Å². The van der Waals surface area contributed by atoms with Crippen LogP contribution in [0.4, 0.5) is 4.39 Å². The fourth-order valence-electron chi connectivity index (χ4n) is 1.51. The van der Waals surface area contributed by atoms with Crippen LogP contribution in [0.3, 0.4) is 0 Å². The lowest BCUT2D eigenvalue weighted by molar-refractivity contribution is -0.156. The molecule has 0 saturated heterocycles. The summed E-state index contributed by atoms with van der Waals surface area (Å²) >= 11 is 0. The maximum absolute atomic E-state index is 14.4. The number of methoxy groups -OCH3 is 2. The summed E-state index contributed by atoms with van der Waals surface area (Å²) in [4.78, 5) is 11.6. The Morgan fingerprint density at radius 1 is 1.28 bits per heavy atom. The molecular weight excluding hydrogens is 239 g/mol. The molecule has 0 aliphatic rings. The van der Waals surface area contributed by atoms with Crippen molar-refractivity contribution in [2.75, 3.05) is 20.8 Å². The van der Waals surface area contributed by atoms with Gasteiger partial charge in [-0.2, -0.15) is 0 Å². The van der Waals surface area contributed by atoms with Crippen molar-refractivity contribution in [3.8, 4) is 11.5 Å². The molecule has 0 fully saturated rings. The molecule has 0 heterocycles. The molecule has 0 aromatic heterocycles. The van der Waals surface area contributed by atoms with Gasteiger partial charge in [0.1, 0.15) is 0 Å². The highest BCUT2D eigenvalue weighted by Gasteiger charge is 2.37. The minimum atomic E-state index is -2.21. The third-order valence-electron chi connectivity index (χ3n) is 2.58. The summed E-state index contributed by atoms with van der Waals surface area (Å²) in [6, 6.07) is 4.44. The van der Waals surface area contributed by atoms with Crippen LogP contribution in [0.15, 0.2) is 18.2 Å². The van der Waals surface area contributed by atoms with Gasteiger partial charge in [-0.3, -0.25) is 0 Å². The third-order valence-corrected chi connectivity index (χ3v) is 2.58. The first-order valence-electron chi connectivity index (χ1n) is 5.56. The zero-order valence-electron chi connectivity index (χ0n) is 11.0. The van der Waals surface area contributed by atoms with Crippen LogP contribution in [0, 0.1) is 0 Å². The van der Waals surface area contributed by atoms with Crippen LogP contribution in [0.2, 0.25) is 0 Å². The Kier molecular flexibility index (Phi) is 4.53. The Labute approximate surface area is 106 Å². The smallest absolute Gasteiger partial charge is 0.348 e. The molecular formula is C13H17FO4. The van der Waals surface area contributed by atoms with E-state index in [-0.39, 0.29) is 12.2 Å². The van der Waals surface area contributed by atoms with Crippen LogP contribution in [0.1, 0.15) is 19.4 Å². The Morgan fingerprint density at radius 3 is 2.39 bits per heavy atom. The molecule has 1 aromatic carbocycles. The lowest BCUT2D eigenvalue weighted by Crippen LogP contribution is -2.29. The van der Waals surface area contributed by atoms with Crippen LogP contribution >= 0.6 is 0 Å². The van der Waals surface area contributed by atoms with Gasteiger partial charge in [0.05, 0.1) is 20.8 Å². The fourth-order valence-corrected chi connectivity index (χ4v) is 1.51. The highest BCUT2D eigenvalue weighted by Crippen LogP contribution is 2.34. The zero-order valence-corrected chi connectivity index (χ0v) is 11.0. The SMILES string of the molecule is CCOC(=O)C(C)(F)c1ccc(OC)c(OC)c1. The van der Waals surface area contributed by atoms with Gasteiger partial charge in [0, 0.05) is 5.56 Å². The molecule has 0 radical (unpaired) electrons. The minimum absolute atomic E-state index is 0.131. The molecule has 0 amide bonds. The lowest BCUT2D eigenvalue weighted by Gasteiger charge is -2.20. The van der Waals surface area contributed by atoms with E-state index < -0.39 is 11.6 Å². The number of rotatable bonds is 5. The zero-order chi connectivity index (χ0) is 13.8. The molecule has 1 atom stereocenters. The quantitative estimate of drug-likeness (QED) is 0.759. The van der Waals surface area contributed by atoms with E-state index in [1.165, 1.54) is 26.4 Å². The number of esters is 1. The monoisotopic (exact) mass is 256 g/mol. The van der Waals surface area contributed by atoms with Crippen molar-refractivity contribution in [3.05, 3.63) is 23.8 Å². The fraction of sp³-hybridized carbons (Fsp3) is 0.462. The summed E-state index contributed by atoms with van der Waals surface area (Å²) in [5.41, 5.74) is -2.05. The number of carbonyl (C=O) groups excluding carboxylic acids is 1. The molecule has 100 valence electrons. The summed E-state index contributed by atoms with van der Waals surface area (Å²) in [6.45, 7) is 2.92. The maximum atomic E-state index is 14.4. The Balaban J connectivity index is 3.12. The first kappa shape index (κ1) is 14.3. The largest absolute Gasteiger partial charge is 0.493 e. The second-order valence-corrected chi connectivity index (χ2v) is 3.79. The summed E-state index contributed by atoms with van der Waals surface area (Å²) in [7, 11) is 2.93. The Bertz CT molecular complexity index is 429. The highest BCUT2D eigenvalue weighted by molar-refractivity contribution is 5.81. The van der Waals surface area contributed by atoms with E-state index >= 15 is 0 Å². The van der Waals surface area contributed by atoms with E-state index in [1.54, 1.807) is 13.0 Å². The molecule has 0 saturated carbocycles. The first-order chi connectivity index (χ1) is 8.47. The van der Waals surface area contributed by atoms with Crippen molar-refractivity contribution in [2.24, 2.45) is 0 Å². The van der Waals surface area contributed by atoms with Crippen molar-refractivity contribution < 1.29 is 23.4 Å². The average molecular weight is 256 g/mol. The summed E-state index contributed by atoms with van der Waals surface area (Å²) in [6.07, 6.45) is 0. The molecule has 0 spiro atoms. The number of ether oxygens (including phenoxy) is 3. The molecule has 5 heteroatoms. The molecule has 18 heavy (non-hydrogen) atoms. The molecule has 0 N–H and O–H groups in total. The summed E-state index contributed by atoms with van der Waals surface area (Å²) in [5, 5.41) is 0. The van der Waals surface area contributed by atoms with E-state index in [4.69, 9.17) is 14.2 Å². The predicted molar refractivity (Wildman–Crippen MR) is 64.6 cm³/mol. The van der Waals surface area contributed by atoms with Gasteiger partial charge in [-0.25, -0.2) is 9.18 Å². The number of hydrogen-bond acceptors (Lipinski definition) is 4. The van der Waals surface area contributed by atoms with Crippen LogP contribution in [-0.4, -0.2) is 26.8 Å². The van der Waals surface area contributed by atoms with Crippen molar-refractivity contribution in [1.29, 1.82) is 0 Å². The van der Waals surface area contributed by atoms with Gasteiger partial charge >= 0.3 is 5.97 Å². The molecule has 4 nitrogen and oxygen atoms in total. The van der Waals surface area contributed by atoms with Crippen LogP contribution in [0.5, 0.6) is 11.5 Å². The predicted octanol–water partition coefficient (Wildman–Crippen LogP) is 2.45. The van der Waals surface area contributed by atoms with Crippen molar-refractivity contribution >= 4 is 5.97 Å². The van der Waals surface area contributed by atoms with Crippen LogP contribution in [0.25, 0.3) is 0 Å². The summed E-state index contributed by atoms with van der Waals surface area (Å²) < 4.78 is 29.2.